The number of carbonyl (C=O) groups is 1. The fraction of sp³-hybridized carbons (Fsp3) is 0. The van der Waals surface area contributed by atoms with Crippen LogP contribution in [0.5, 0.6) is 0 Å². The maximum Gasteiger partial charge on any atom is 0.336 e. The van der Waals surface area contributed by atoms with Crippen molar-refractivity contribution < 1.29 is 27.5 Å². The number of carboxylic acid groups (broad SMARTS) is 1. The molecule has 0 amide bonds. The maximum absolute atomic E-state index is 14.0. The molecule has 0 bridgehead atoms. The number of halogens is 4. The summed E-state index contributed by atoms with van der Waals surface area (Å²) in [7, 11) is 0. The van der Waals surface area contributed by atoms with Gasteiger partial charge in [-0.1, -0.05) is 23.3 Å². The zero-order valence-corrected chi connectivity index (χ0v) is 10.5. The Kier molecular flexibility index (Phi) is 4.00. The molecule has 5 nitrogen and oxygen atoms in total. The van der Waals surface area contributed by atoms with E-state index in [4.69, 9.17) is 10.6 Å². The van der Waals surface area contributed by atoms with Crippen LogP contribution in [-0.2, 0) is 0 Å². The number of hydrogen-bond donors (Lipinski definition) is 1. The van der Waals surface area contributed by atoms with Crippen LogP contribution >= 0.6 is 0 Å². The molecule has 22 heavy (non-hydrogen) atoms. The van der Waals surface area contributed by atoms with E-state index in [-0.39, 0.29) is 0 Å². The number of carboxylic acids is 1. The second-order valence-electron chi connectivity index (χ2n) is 4.02. The molecule has 0 aliphatic carbocycles. The van der Waals surface area contributed by atoms with Crippen molar-refractivity contribution in [3.63, 3.8) is 0 Å². The summed E-state index contributed by atoms with van der Waals surface area (Å²) in [5, 5.41) is 11.5. The largest absolute Gasteiger partial charge is 0.478 e. The Labute approximate surface area is 120 Å². The molecule has 9 heteroatoms. The van der Waals surface area contributed by atoms with Gasteiger partial charge in [0.25, 0.3) is 0 Å². The molecule has 0 saturated carbocycles. The smallest absolute Gasteiger partial charge is 0.336 e. The highest BCUT2D eigenvalue weighted by Crippen LogP contribution is 2.37. The first-order valence-corrected chi connectivity index (χ1v) is 5.63. The van der Waals surface area contributed by atoms with E-state index in [9.17, 15) is 22.4 Å². The zero-order chi connectivity index (χ0) is 16.4. The Morgan fingerprint density at radius 3 is 2.09 bits per heavy atom. The molecule has 0 heterocycles. The Morgan fingerprint density at radius 1 is 1.05 bits per heavy atom. The van der Waals surface area contributed by atoms with Crippen molar-refractivity contribution in [1.29, 1.82) is 0 Å². The van der Waals surface area contributed by atoms with Crippen LogP contribution in [0.4, 0.5) is 23.2 Å². The number of azide groups is 1. The fourth-order valence-electron chi connectivity index (χ4n) is 1.88. The zero-order valence-electron chi connectivity index (χ0n) is 10.5. The summed E-state index contributed by atoms with van der Waals surface area (Å²) < 4.78 is 55.4. The van der Waals surface area contributed by atoms with Crippen molar-refractivity contribution in [2.75, 3.05) is 0 Å². The standard InChI is InChI=1S/C13H5F4N3O2/c14-8-7(5-3-1-2-4-6(5)13(21)22)9(15)11(17)12(10(8)16)19-20-18/h1-4H,(H,21,22). The van der Waals surface area contributed by atoms with E-state index in [1.165, 1.54) is 12.1 Å². The second-order valence-corrected chi connectivity index (χ2v) is 4.02. The lowest BCUT2D eigenvalue weighted by Crippen LogP contribution is -2.05. The molecule has 112 valence electrons. The lowest BCUT2D eigenvalue weighted by atomic mass is 9.97. The third kappa shape index (κ3) is 2.33. The molecule has 2 aromatic rings. The molecule has 0 spiro atoms. The summed E-state index contributed by atoms with van der Waals surface area (Å²) in [5.74, 6) is -9.06. The summed E-state index contributed by atoms with van der Waals surface area (Å²) in [6.45, 7) is 0. The van der Waals surface area contributed by atoms with E-state index in [0.29, 0.717) is 0 Å². The SMILES string of the molecule is [N-]=[N+]=Nc1c(F)c(F)c(-c2ccccc2C(=O)O)c(F)c1F. The van der Waals surface area contributed by atoms with Gasteiger partial charge >= 0.3 is 5.97 Å². The third-order valence-corrected chi connectivity index (χ3v) is 2.81. The molecule has 0 radical (unpaired) electrons. The van der Waals surface area contributed by atoms with Crippen LogP contribution in [-0.4, -0.2) is 11.1 Å². The highest BCUT2D eigenvalue weighted by molar-refractivity contribution is 5.96. The quantitative estimate of drug-likeness (QED) is 0.296. The minimum atomic E-state index is -1.91. The van der Waals surface area contributed by atoms with Crippen molar-refractivity contribution in [1.82, 2.24) is 0 Å². The van der Waals surface area contributed by atoms with Crippen LogP contribution in [0, 0.1) is 23.3 Å². The molecule has 0 saturated heterocycles. The molecule has 0 atom stereocenters. The molecule has 0 fully saturated rings. The predicted octanol–water partition coefficient (Wildman–Crippen LogP) is 4.55. The molecule has 0 aliphatic rings. The normalized spacial score (nSPS) is 10.2. The molecular formula is C13H5F4N3O2. The van der Waals surface area contributed by atoms with Crippen LogP contribution in [0.25, 0.3) is 21.6 Å². The van der Waals surface area contributed by atoms with Crippen molar-refractivity contribution in [3.8, 4) is 11.1 Å². The first-order chi connectivity index (χ1) is 10.4. The summed E-state index contributed by atoms with van der Waals surface area (Å²) in [4.78, 5) is 13.1. The minimum absolute atomic E-state index is 0.546. The maximum atomic E-state index is 14.0. The fourth-order valence-corrected chi connectivity index (χ4v) is 1.88. The molecule has 0 aliphatic heterocycles. The number of benzene rings is 2. The van der Waals surface area contributed by atoms with Gasteiger partial charge in [0.1, 0.15) is 5.69 Å². The summed E-state index contributed by atoms with van der Waals surface area (Å²) in [6, 6.07) is 4.55. The number of rotatable bonds is 3. The Morgan fingerprint density at radius 2 is 1.59 bits per heavy atom. The summed E-state index contributed by atoms with van der Waals surface area (Å²) in [6.07, 6.45) is 0. The van der Waals surface area contributed by atoms with Gasteiger partial charge in [0, 0.05) is 10.5 Å². The van der Waals surface area contributed by atoms with Crippen molar-refractivity contribution in [3.05, 3.63) is 63.5 Å². The van der Waals surface area contributed by atoms with Crippen LogP contribution in [0.1, 0.15) is 10.4 Å². The molecule has 2 aromatic carbocycles. The predicted molar refractivity (Wildman–Crippen MR) is 67.5 cm³/mol. The van der Waals surface area contributed by atoms with Crippen LogP contribution < -0.4 is 0 Å². The monoisotopic (exact) mass is 311 g/mol. The van der Waals surface area contributed by atoms with E-state index in [0.717, 1.165) is 12.1 Å². The highest BCUT2D eigenvalue weighted by atomic mass is 19.2. The lowest BCUT2D eigenvalue weighted by Gasteiger charge is -2.11. The van der Waals surface area contributed by atoms with Crippen LogP contribution in [0.3, 0.4) is 0 Å². The van der Waals surface area contributed by atoms with E-state index < -0.39 is 51.6 Å². The van der Waals surface area contributed by atoms with Crippen LogP contribution in [0.2, 0.25) is 0 Å². The summed E-state index contributed by atoms with van der Waals surface area (Å²) in [5.41, 5.74) is 4.41. The van der Waals surface area contributed by atoms with Gasteiger partial charge in [0.05, 0.1) is 11.1 Å². The van der Waals surface area contributed by atoms with Gasteiger partial charge in [-0.2, -0.15) is 0 Å². The first-order valence-electron chi connectivity index (χ1n) is 5.63. The summed E-state index contributed by atoms with van der Waals surface area (Å²) >= 11 is 0. The number of hydrogen-bond acceptors (Lipinski definition) is 2. The van der Waals surface area contributed by atoms with Gasteiger partial charge in [0.2, 0.25) is 0 Å². The van der Waals surface area contributed by atoms with Gasteiger partial charge in [-0.15, -0.1) is 0 Å². The van der Waals surface area contributed by atoms with Gasteiger partial charge in [-0.25, -0.2) is 22.4 Å². The molecule has 2 rings (SSSR count). The topological polar surface area (TPSA) is 86.1 Å². The Bertz CT molecular complexity index is 803. The van der Waals surface area contributed by atoms with E-state index in [1.54, 1.807) is 0 Å². The van der Waals surface area contributed by atoms with E-state index in [2.05, 4.69) is 10.0 Å². The second kappa shape index (κ2) is 5.74. The van der Waals surface area contributed by atoms with Gasteiger partial charge in [-0.05, 0) is 11.6 Å². The van der Waals surface area contributed by atoms with Crippen molar-refractivity contribution in [2.45, 2.75) is 0 Å². The minimum Gasteiger partial charge on any atom is -0.478 e. The first kappa shape index (κ1) is 15.3. The Hall–Kier alpha value is -3.06. The molecule has 0 unspecified atom stereocenters. The average molecular weight is 311 g/mol. The third-order valence-electron chi connectivity index (χ3n) is 2.81. The van der Waals surface area contributed by atoms with E-state index >= 15 is 0 Å². The Balaban J connectivity index is 2.90. The van der Waals surface area contributed by atoms with Gasteiger partial charge in [0.15, 0.2) is 23.3 Å². The van der Waals surface area contributed by atoms with Crippen LogP contribution in [0.15, 0.2) is 29.4 Å². The number of nitrogens with zero attached hydrogens (tertiary/aromatic N) is 3. The number of aromatic carboxylic acids is 1. The van der Waals surface area contributed by atoms with Gasteiger partial charge in [-0.3, -0.25) is 0 Å². The lowest BCUT2D eigenvalue weighted by molar-refractivity contribution is 0.0697. The van der Waals surface area contributed by atoms with Gasteiger partial charge < -0.3 is 5.11 Å². The van der Waals surface area contributed by atoms with Crippen molar-refractivity contribution in [2.24, 2.45) is 5.11 Å². The van der Waals surface area contributed by atoms with Crippen molar-refractivity contribution >= 4 is 11.7 Å². The van der Waals surface area contributed by atoms with E-state index in [1.807, 2.05) is 0 Å². The molecular weight excluding hydrogens is 306 g/mol. The molecule has 1 N–H and O–H groups in total. The average Bonchev–Trinajstić information content (AvgIpc) is 2.50. The highest BCUT2D eigenvalue weighted by Gasteiger charge is 2.27. The molecule has 0 aromatic heterocycles.